The van der Waals surface area contributed by atoms with Crippen LogP contribution in [0.1, 0.15) is 44.9 Å². The standard InChI is InChI=1S/C13H20N2O/c1-2-5-13-14-8-9-15(13)10-12(16)11-6-3-4-7-11/h8-9,11H,2-7,10H2,1H3. The van der Waals surface area contributed by atoms with Crippen molar-refractivity contribution in [2.24, 2.45) is 5.92 Å². The van der Waals surface area contributed by atoms with Gasteiger partial charge in [0.1, 0.15) is 5.82 Å². The fourth-order valence-corrected chi connectivity index (χ4v) is 2.48. The molecule has 3 nitrogen and oxygen atoms in total. The summed E-state index contributed by atoms with van der Waals surface area (Å²) < 4.78 is 2.02. The Morgan fingerprint density at radius 3 is 2.94 bits per heavy atom. The lowest BCUT2D eigenvalue weighted by Gasteiger charge is -2.10. The van der Waals surface area contributed by atoms with Crippen molar-refractivity contribution in [1.29, 1.82) is 0 Å². The Bertz CT molecular complexity index is 351. The normalized spacial score (nSPS) is 16.8. The smallest absolute Gasteiger partial charge is 0.155 e. The molecule has 1 fully saturated rings. The maximum absolute atomic E-state index is 12.0. The summed E-state index contributed by atoms with van der Waals surface area (Å²) in [5, 5.41) is 0. The number of aryl methyl sites for hydroxylation is 1. The number of carbonyl (C=O) groups is 1. The van der Waals surface area contributed by atoms with Gasteiger partial charge < -0.3 is 4.57 Å². The fourth-order valence-electron chi connectivity index (χ4n) is 2.48. The minimum Gasteiger partial charge on any atom is -0.327 e. The first-order valence-corrected chi connectivity index (χ1v) is 6.34. The predicted octanol–water partition coefficient (Wildman–Crippen LogP) is 2.59. The van der Waals surface area contributed by atoms with Gasteiger partial charge >= 0.3 is 0 Å². The molecule has 1 aliphatic rings. The summed E-state index contributed by atoms with van der Waals surface area (Å²) in [6.07, 6.45) is 10.4. The number of carbonyl (C=O) groups excluding carboxylic acids is 1. The summed E-state index contributed by atoms with van der Waals surface area (Å²) in [6.45, 7) is 2.66. The fraction of sp³-hybridized carbons (Fsp3) is 0.692. The van der Waals surface area contributed by atoms with E-state index in [1.165, 1.54) is 12.8 Å². The Labute approximate surface area is 96.9 Å². The molecule has 3 heteroatoms. The highest BCUT2D eigenvalue weighted by molar-refractivity contribution is 5.81. The molecule has 16 heavy (non-hydrogen) atoms. The number of rotatable bonds is 5. The molecule has 2 rings (SSSR count). The Kier molecular flexibility index (Phi) is 3.75. The molecule has 0 unspecified atom stereocenters. The van der Waals surface area contributed by atoms with Crippen LogP contribution in [0.25, 0.3) is 0 Å². The zero-order chi connectivity index (χ0) is 11.4. The number of Topliss-reactive ketones (excluding diaryl/α,β-unsaturated/α-hetero) is 1. The predicted molar refractivity (Wildman–Crippen MR) is 63.2 cm³/mol. The highest BCUT2D eigenvalue weighted by Crippen LogP contribution is 2.26. The van der Waals surface area contributed by atoms with E-state index in [1.54, 1.807) is 6.20 Å². The quantitative estimate of drug-likeness (QED) is 0.764. The molecule has 1 saturated carbocycles. The van der Waals surface area contributed by atoms with Crippen LogP contribution in [0.5, 0.6) is 0 Å². The molecule has 0 radical (unpaired) electrons. The topological polar surface area (TPSA) is 34.9 Å². The van der Waals surface area contributed by atoms with Gasteiger partial charge in [0.2, 0.25) is 0 Å². The molecule has 0 aliphatic heterocycles. The van der Waals surface area contributed by atoms with E-state index in [9.17, 15) is 4.79 Å². The van der Waals surface area contributed by atoms with Crippen LogP contribution in [0.4, 0.5) is 0 Å². The largest absolute Gasteiger partial charge is 0.327 e. The van der Waals surface area contributed by atoms with E-state index in [2.05, 4.69) is 11.9 Å². The van der Waals surface area contributed by atoms with E-state index >= 15 is 0 Å². The molecule has 0 bridgehead atoms. The van der Waals surface area contributed by atoms with Gasteiger partial charge in [0.05, 0.1) is 6.54 Å². The van der Waals surface area contributed by atoms with E-state index in [-0.39, 0.29) is 0 Å². The molecule has 1 aromatic rings. The van der Waals surface area contributed by atoms with E-state index in [4.69, 9.17) is 0 Å². The first kappa shape index (κ1) is 11.4. The van der Waals surface area contributed by atoms with Crippen molar-refractivity contribution in [3.05, 3.63) is 18.2 Å². The lowest BCUT2D eigenvalue weighted by molar-refractivity contribution is -0.123. The van der Waals surface area contributed by atoms with Gasteiger partial charge in [-0.15, -0.1) is 0 Å². The third-order valence-corrected chi connectivity index (χ3v) is 3.41. The summed E-state index contributed by atoms with van der Waals surface area (Å²) >= 11 is 0. The first-order chi connectivity index (χ1) is 7.81. The molecular formula is C13H20N2O. The van der Waals surface area contributed by atoms with E-state index < -0.39 is 0 Å². The Balaban J connectivity index is 1.96. The Hall–Kier alpha value is -1.12. The summed E-state index contributed by atoms with van der Waals surface area (Å²) in [7, 11) is 0. The Morgan fingerprint density at radius 2 is 2.25 bits per heavy atom. The molecule has 0 aromatic carbocycles. The van der Waals surface area contributed by atoms with Crippen LogP contribution in [-0.4, -0.2) is 15.3 Å². The molecule has 1 aliphatic carbocycles. The molecule has 0 saturated heterocycles. The molecule has 1 aromatic heterocycles. The summed E-state index contributed by atoms with van der Waals surface area (Å²) in [5.41, 5.74) is 0. The number of aromatic nitrogens is 2. The van der Waals surface area contributed by atoms with Gasteiger partial charge in [-0.1, -0.05) is 19.8 Å². The molecular weight excluding hydrogens is 200 g/mol. The average Bonchev–Trinajstić information content (AvgIpc) is 2.90. The summed E-state index contributed by atoms with van der Waals surface area (Å²) in [5.74, 6) is 1.76. The second kappa shape index (κ2) is 5.28. The van der Waals surface area contributed by atoms with Crippen LogP contribution in [0, 0.1) is 5.92 Å². The van der Waals surface area contributed by atoms with Crippen LogP contribution in [-0.2, 0) is 17.8 Å². The van der Waals surface area contributed by atoms with Gasteiger partial charge in [-0.05, 0) is 19.3 Å². The van der Waals surface area contributed by atoms with Crippen LogP contribution in [0.3, 0.4) is 0 Å². The number of hydrogen-bond donors (Lipinski definition) is 0. The van der Waals surface area contributed by atoms with Crippen LogP contribution >= 0.6 is 0 Å². The summed E-state index contributed by atoms with van der Waals surface area (Å²) in [4.78, 5) is 16.3. The maximum atomic E-state index is 12.0. The highest BCUT2D eigenvalue weighted by atomic mass is 16.1. The van der Waals surface area contributed by atoms with Gasteiger partial charge in [-0.25, -0.2) is 4.98 Å². The molecule has 88 valence electrons. The van der Waals surface area contributed by atoms with Crippen molar-refractivity contribution < 1.29 is 4.79 Å². The molecule has 0 amide bonds. The van der Waals surface area contributed by atoms with Crippen LogP contribution in [0.15, 0.2) is 12.4 Å². The van der Waals surface area contributed by atoms with Crippen molar-refractivity contribution >= 4 is 5.78 Å². The number of imidazole rings is 1. The van der Waals surface area contributed by atoms with Crippen LogP contribution in [0.2, 0.25) is 0 Å². The maximum Gasteiger partial charge on any atom is 0.155 e. The van der Waals surface area contributed by atoms with Crippen molar-refractivity contribution in [2.75, 3.05) is 0 Å². The molecule has 0 spiro atoms. The van der Waals surface area contributed by atoms with Crippen LogP contribution < -0.4 is 0 Å². The van der Waals surface area contributed by atoms with E-state index in [0.717, 1.165) is 31.5 Å². The zero-order valence-electron chi connectivity index (χ0n) is 9.98. The lowest BCUT2D eigenvalue weighted by atomic mass is 10.0. The van der Waals surface area contributed by atoms with Crippen molar-refractivity contribution in [1.82, 2.24) is 9.55 Å². The lowest BCUT2D eigenvalue weighted by Crippen LogP contribution is -2.18. The molecule has 0 atom stereocenters. The highest BCUT2D eigenvalue weighted by Gasteiger charge is 2.22. The SMILES string of the molecule is CCCc1nccn1CC(=O)C1CCCC1. The molecule has 0 N–H and O–H groups in total. The van der Waals surface area contributed by atoms with Crippen molar-refractivity contribution in [2.45, 2.75) is 52.0 Å². The van der Waals surface area contributed by atoms with E-state index in [0.29, 0.717) is 18.2 Å². The third-order valence-electron chi connectivity index (χ3n) is 3.41. The van der Waals surface area contributed by atoms with Crippen molar-refractivity contribution in [3.63, 3.8) is 0 Å². The van der Waals surface area contributed by atoms with Gasteiger partial charge in [-0.2, -0.15) is 0 Å². The summed E-state index contributed by atoms with van der Waals surface area (Å²) in [6, 6.07) is 0. The zero-order valence-corrected chi connectivity index (χ0v) is 9.98. The minimum atomic E-state index is 0.317. The number of ketones is 1. The monoisotopic (exact) mass is 220 g/mol. The minimum absolute atomic E-state index is 0.317. The van der Waals surface area contributed by atoms with E-state index in [1.807, 2.05) is 10.8 Å². The van der Waals surface area contributed by atoms with Gasteiger partial charge in [0.15, 0.2) is 5.78 Å². The number of hydrogen-bond acceptors (Lipinski definition) is 2. The van der Waals surface area contributed by atoms with Crippen molar-refractivity contribution in [3.8, 4) is 0 Å². The number of nitrogens with zero attached hydrogens (tertiary/aromatic N) is 2. The second-order valence-corrected chi connectivity index (χ2v) is 4.67. The average molecular weight is 220 g/mol. The van der Waals surface area contributed by atoms with Gasteiger partial charge in [0, 0.05) is 24.7 Å². The van der Waals surface area contributed by atoms with Gasteiger partial charge in [0.25, 0.3) is 0 Å². The Morgan fingerprint density at radius 1 is 1.50 bits per heavy atom. The first-order valence-electron chi connectivity index (χ1n) is 6.34. The second-order valence-electron chi connectivity index (χ2n) is 4.67. The third kappa shape index (κ3) is 2.52. The van der Waals surface area contributed by atoms with Gasteiger partial charge in [-0.3, -0.25) is 4.79 Å². The molecule has 1 heterocycles.